The molecule has 2 N–H and O–H groups in total. The predicted octanol–water partition coefficient (Wildman–Crippen LogP) is 2.66. The fourth-order valence-electron chi connectivity index (χ4n) is 1.65. The number of benzene rings is 1. The number of hydrogen-bond acceptors (Lipinski definition) is 1. The normalized spacial score (nSPS) is 19.8. The molecular formula is C10H9F3N2O. The highest BCUT2D eigenvalue weighted by Gasteiger charge is 2.40. The maximum Gasteiger partial charge on any atom is 0.319 e. The van der Waals surface area contributed by atoms with Gasteiger partial charge >= 0.3 is 6.03 Å². The van der Waals surface area contributed by atoms with Gasteiger partial charge in [0.05, 0.1) is 0 Å². The fraction of sp³-hybridized carbons (Fsp3) is 0.300. The summed E-state index contributed by atoms with van der Waals surface area (Å²) < 4.78 is 39.4. The van der Waals surface area contributed by atoms with Crippen molar-refractivity contribution in [2.75, 3.05) is 5.32 Å². The third-order valence-electron chi connectivity index (χ3n) is 2.36. The molecule has 3 nitrogen and oxygen atoms in total. The van der Waals surface area contributed by atoms with E-state index in [4.69, 9.17) is 0 Å². The minimum Gasteiger partial charge on any atom is -0.325 e. The molecule has 1 aliphatic heterocycles. The topological polar surface area (TPSA) is 41.1 Å². The van der Waals surface area contributed by atoms with Crippen LogP contribution < -0.4 is 10.6 Å². The van der Waals surface area contributed by atoms with E-state index in [0.29, 0.717) is 6.92 Å². The van der Waals surface area contributed by atoms with Gasteiger partial charge in [-0.15, -0.1) is 0 Å². The van der Waals surface area contributed by atoms with Gasteiger partial charge in [0.2, 0.25) is 0 Å². The second kappa shape index (κ2) is 3.40. The van der Waals surface area contributed by atoms with Crippen molar-refractivity contribution in [3.8, 4) is 0 Å². The van der Waals surface area contributed by atoms with Gasteiger partial charge in [-0.25, -0.2) is 18.0 Å². The molecule has 1 unspecified atom stereocenters. The molecule has 86 valence electrons. The zero-order valence-electron chi connectivity index (χ0n) is 8.35. The lowest BCUT2D eigenvalue weighted by atomic mass is 9.98. The molecule has 0 bridgehead atoms. The van der Waals surface area contributed by atoms with Crippen LogP contribution in [0.4, 0.5) is 23.7 Å². The number of urea groups is 1. The van der Waals surface area contributed by atoms with Crippen molar-refractivity contribution in [3.63, 3.8) is 0 Å². The molecule has 0 spiro atoms. The third-order valence-corrected chi connectivity index (χ3v) is 2.36. The molecule has 16 heavy (non-hydrogen) atoms. The summed E-state index contributed by atoms with van der Waals surface area (Å²) in [6.45, 7) is 0.679. The molecule has 1 heterocycles. The van der Waals surface area contributed by atoms with Gasteiger partial charge in [0, 0.05) is 18.2 Å². The van der Waals surface area contributed by atoms with Crippen LogP contribution in [0.25, 0.3) is 0 Å². The lowest BCUT2D eigenvalue weighted by Gasteiger charge is -2.31. The van der Waals surface area contributed by atoms with Gasteiger partial charge in [-0.3, -0.25) is 0 Å². The molecule has 0 saturated carbocycles. The maximum atomic E-state index is 13.2. The van der Waals surface area contributed by atoms with E-state index in [9.17, 15) is 18.0 Å². The molecular weight excluding hydrogens is 221 g/mol. The molecule has 2 amide bonds. The number of carbonyl (C=O) groups is 1. The van der Waals surface area contributed by atoms with Crippen LogP contribution in [-0.4, -0.2) is 12.0 Å². The second-order valence-electron chi connectivity index (χ2n) is 3.72. The molecule has 1 aromatic rings. The first-order chi connectivity index (χ1) is 7.38. The Morgan fingerprint density at radius 3 is 2.69 bits per heavy atom. The first-order valence-corrected chi connectivity index (χ1v) is 4.63. The highest BCUT2D eigenvalue weighted by molar-refractivity contribution is 5.93. The van der Waals surface area contributed by atoms with Crippen molar-refractivity contribution < 1.29 is 18.0 Å². The number of amides is 2. The Kier molecular flexibility index (Phi) is 2.29. The van der Waals surface area contributed by atoms with E-state index < -0.39 is 23.8 Å². The van der Waals surface area contributed by atoms with Crippen molar-refractivity contribution in [1.29, 1.82) is 0 Å². The number of anilines is 1. The lowest BCUT2D eigenvalue weighted by Crippen LogP contribution is -2.45. The molecule has 1 aromatic carbocycles. The number of alkyl halides is 2. The lowest BCUT2D eigenvalue weighted by molar-refractivity contribution is -0.0157. The summed E-state index contributed by atoms with van der Waals surface area (Å²) in [6.07, 6.45) is 0. The number of halogens is 3. The zero-order chi connectivity index (χ0) is 11.9. The van der Waals surface area contributed by atoms with Crippen LogP contribution in [0.5, 0.6) is 0 Å². The van der Waals surface area contributed by atoms with E-state index in [1.54, 1.807) is 0 Å². The Morgan fingerprint density at radius 2 is 2.06 bits per heavy atom. The number of rotatable bonds is 1. The van der Waals surface area contributed by atoms with Gasteiger partial charge in [0.1, 0.15) is 11.9 Å². The molecule has 2 rings (SSSR count). The third kappa shape index (κ3) is 1.82. The molecule has 0 aromatic heterocycles. The molecule has 1 atom stereocenters. The average molecular weight is 230 g/mol. The molecule has 0 saturated heterocycles. The van der Waals surface area contributed by atoms with Crippen LogP contribution in [-0.2, 0) is 0 Å². The van der Waals surface area contributed by atoms with Crippen molar-refractivity contribution in [2.45, 2.75) is 18.9 Å². The van der Waals surface area contributed by atoms with Gasteiger partial charge in [-0.05, 0) is 18.2 Å². The largest absolute Gasteiger partial charge is 0.325 e. The van der Waals surface area contributed by atoms with Gasteiger partial charge < -0.3 is 10.6 Å². The first-order valence-electron chi connectivity index (χ1n) is 4.63. The summed E-state index contributed by atoms with van der Waals surface area (Å²) in [6, 6.07) is 1.14. The Bertz CT molecular complexity index is 442. The van der Waals surface area contributed by atoms with E-state index in [1.165, 1.54) is 6.07 Å². The summed E-state index contributed by atoms with van der Waals surface area (Å²) in [7, 11) is 0. The highest BCUT2D eigenvalue weighted by Crippen LogP contribution is 2.37. The molecule has 0 fully saturated rings. The Labute approximate surface area is 89.6 Å². The zero-order valence-corrected chi connectivity index (χ0v) is 8.35. The van der Waals surface area contributed by atoms with Crippen LogP contribution in [0.15, 0.2) is 18.2 Å². The van der Waals surface area contributed by atoms with Crippen molar-refractivity contribution in [1.82, 2.24) is 5.32 Å². The Morgan fingerprint density at radius 1 is 1.38 bits per heavy atom. The van der Waals surface area contributed by atoms with E-state index in [2.05, 4.69) is 10.6 Å². The molecule has 1 aliphatic rings. The van der Waals surface area contributed by atoms with Crippen LogP contribution in [0, 0.1) is 5.82 Å². The van der Waals surface area contributed by atoms with E-state index in [0.717, 1.165) is 12.1 Å². The summed E-state index contributed by atoms with van der Waals surface area (Å²) in [5, 5.41) is 4.41. The number of fused-ring (bicyclic) bond motifs is 1. The van der Waals surface area contributed by atoms with E-state index in [-0.39, 0.29) is 11.3 Å². The van der Waals surface area contributed by atoms with Gasteiger partial charge in [-0.2, -0.15) is 0 Å². The van der Waals surface area contributed by atoms with Crippen LogP contribution in [0.3, 0.4) is 0 Å². The molecule has 0 radical (unpaired) electrons. The summed E-state index contributed by atoms with van der Waals surface area (Å²) in [5.74, 6) is -3.77. The SMILES string of the molecule is CC(F)(F)C1NC(=O)Nc2ccc(F)cc21. The smallest absolute Gasteiger partial charge is 0.319 e. The van der Waals surface area contributed by atoms with E-state index in [1.807, 2.05) is 0 Å². The Balaban J connectivity index is 2.52. The minimum atomic E-state index is -3.15. The monoisotopic (exact) mass is 230 g/mol. The first kappa shape index (κ1) is 10.8. The molecule has 6 heteroatoms. The number of hydrogen-bond donors (Lipinski definition) is 2. The summed E-state index contributed by atoms with van der Waals surface area (Å²) >= 11 is 0. The highest BCUT2D eigenvalue weighted by atomic mass is 19.3. The van der Waals surface area contributed by atoms with Gasteiger partial charge in [-0.1, -0.05) is 0 Å². The van der Waals surface area contributed by atoms with Crippen molar-refractivity contribution in [2.24, 2.45) is 0 Å². The van der Waals surface area contributed by atoms with Crippen LogP contribution in [0.2, 0.25) is 0 Å². The minimum absolute atomic E-state index is 0.0482. The van der Waals surface area contributed by atoms with E-state index >= 15 is 0 Å². The average Bonchev–Trinajstić information content (AvgIpc) is 2.16. The van der Waals surface area contributed by atoms with Crippen molar-refractivity contribution >= 4 is 11.7 Å². The summed E-state index contributed by atoms with van der Waals surface area (Å²) in [5.41, 5.74) is 0.253. The van der Waals surface area contributed by atoms with Crippen molar-refractivity contribution in [3.05, 3.63) is 29.6 Å². The number of carbonyl (C=O) groups excluding carboxylic acids is 1. The van der Waals surface area contributed by atoms with Gasteiger partial charge in [0.25, 0.3) is 5.92 Å². The second-order valence-corrected chi connectivity index (χ2v) is 3.72. The van der Waals surface area contributed by atoms with Crippen LogP contribution >= 0.6 is 0 Å². The standard InChI is InChI=1S/C10H9F3N2O/c1-10(12,13)8-6-4-5(11)2-3-7(6)14-9(16)15-8/h2-4,8H,1H3,(H2,14,15,16). The predicted molar refractivity (Wildman–Crippen MR) is 51.9 cm³/mol. The quantitative estimate of drug-likeness (QED) is 0.765. The van der Waals surface area contributed by atoms with Crippen LogP contribution in [0.1, 0.15) is 18.5 Å². The summed E-state index contributed by atoms with van der Waals surface area (Å²) in [4.78, 5) is 11.1. The fourth-order valence-corrected chi connectivity index (χ4v) is 1.65. The number of nitrogens with one attached hydrogen (secondary N) is 2. The van der Waals surface area contributed by atoms with Gasteiger partial charge in [0.15, 0.2) is 0 Å². The maximum absolute atomic E-state index is 13.2. The molecule has 0 aliphatic carbocycles. The Hall–Kier alpha value is -1.72.